The van der Waals surface area contributed by atoms with Crippen molar-refractivity contribution in [1.29, 1.82) is 0 Å². The molecule has 0 amide bonds. The molecule has 0 spiro atoms. The average Bonchev–Trinajstić information content (AvgIpc) is 3.09. The first kappa shape index (κ1) is 37.5. The maximum Gasteiger partial charge on any atom is 0.338 e. The fourth-order valence-electron chi connectivity index (χ4n) is 6.00. The molecule has 2 saturated heterocycles. The number of rotatable bonds is 15. The summed E-state index contributed by atoms with van der Waals surface area (Å²) in [5.41, 5.74) is 1.45. The number of ether oxygens (including phenoxy) is 8. The molecule has 0 N–H and O–H groups in total. The fraction of sp³-hybridized carbons (Fsp3) is 0.595. The molecule has 0 radical (unpaired) electrons. The molecular weight excluding hydrogens is 620 g/mol. The van der Waals surface area contributed by atoms with Crippen LogP contribution in [-0.4, -0.2) is 81.8 Å². The van der Waals surface area contributed by atoms with Crippen molar-refractivity contribution in [3.8, 4) is 0 Å². The van der Waals surface area contributed by atoms with Crippen molar-refractivity contribution in [2.24, 2.45) is 23.7 Å². The van der Waals surface area contributed by atoms with E-state index in [9.17, 15) is 14.4 Å². The van der Waals surface area contributed by atoms with Crippen LogP contribution in [0, 0.1) is 23.7 Å². The maximum atomic E-state index is 13.2. The Balaban J connectivity index is 1.48. The Labute approximate surface area is 283 Å². The highest BCUT2D eigenvalue weighted by molar-refractivity contribution is 5.89. The summed E-state index contributed by atoms with van der Waals surface area (Å²) in [7, 11) is 1.36. The largest absolute Gasteiger partial charge is 0.469 e. The van der Waals surface area contributed by atoms with Gasteiger partial charge in [-0.2, -0.15) is 0 Å². The second-order valence-electron chi connectivity index (χ2n) is 12.7. The quantitative estimate of drug-likeness (QED) is 0.139. The summed E-state index contributed by atoms with van der Waals surface area (Å²) in [6.45, 7) is 10.3. The van der Waals surface area contributed by atoms with Gasteiger partial charge in [0.15, 0.2) is 18.7 Å². The van der Waals surface area contributed by atoms with Gasteiger partial charge in [0.25, 0.3) is 0 Å². The minimum absolute atomic E-state index is 0.0105. The summed E-state index contributed by atoms with van der Waals surface area (Å²) in [5.74, 6) is -1.48. The third-order valence-corrected chi connectivity index (χ3v) is 9.47. The number of carbonyl (C=O) groups is 3. The van der Waals surface area contributed by atoms with E-state index >= 15 is 0 Å². The van der Waals surface area contributed by atoms with Gasteiger partial charge in [-0.1, -0.05) is 76.2 Å². The Morgan fingerprint density at radius 3 is 1.92 bits per heavy atom. The number of methoxy groups -OCH3 is 1. The predicted molar refractivity (Wildman–Crippen MR) is 174 cm³/mol. The second-order valence-corrected chi connectivity index (χ2v) is 12.7. The van der Waals surface area contributed by atoms with Gasteiger partial charge in [-0.05, 0) is 41.9 Å². The Bertz CT molecular complexity index is 1290. The molecule has 0 bridgehead atoms. The van der Waals surface area contributed by atoms with Crippen LogP contribution in [0.25, 0.3) is 0 Å². The minimum Gasteiger partial charge on any atom is -0.469 e. The highest BCUT2D eigenvalue weighted by Crippen LogP contribution is 2.37. The predicted octanol–water partition coefficient (Wildman–Crippen LogP) is 5.34. The van der Waals surface area contributed by atoms with Crippen LogP contribution in [0.15, 0.2) is 60.7 Å². The lowest BCUT2D eigenvalue weighted by atomic mass is 9.83. The van der Waals surface area contributed by atoms with E-state index in [0.29, 0.717) is 18.6 Å². The summed E-state index contributed by atoms with van der Waals surface area (Å²) in [4.78, 5) is 36.4. The zero-order chi connectivity index (χ0) is 34.6. The van der Waals surface area contributed by atoms with Crippen LogP contribution >= 0.6 is 0 Å². The Kier molecular flexibility index (Phi) is 14.4. The molecule has 11 nitrogen and oxygen atoms in total. The smallest absolute Gasteiger partial charge is 0.338 e. The lowest BCUT2D eigenvalue weighted by Crippen LogP contribution is -2.56. The van der Waals surface area contributed by atoms with Gasteiger partial charge < -0.3 is 37.9 Å². The first-order valence-corrected chi connectivity index (χ1v) is 16.7. The summed E-state index contributed by atoms with van der Waals surface area (Å²) in [6.07, 6.45) is -2.97. The molecule has 0 aliphatic carbocycles. The summed E-state index contributed by atoms with van der Waals surface area (Å²) in [6, 6.07) is 18.7. The zero-order valence-corrected chi connectivity index (χ0v) is 28.8. The third-order valence-electron chi connectivity index (χ3n) is 9.47. The van der Waals surface area contributed by atoms with Gasteiger partial charge in [0.1, 0.15) is 12.7 Å². The van der Waals surface area contributed by atoms with E-state index in [0.717, 1.165) is 5.56 Å². The van der Waals surface area contributed by atoms with Crippen LogP contribution in [-0.2, 0) is 54.1 Å². The molecule has 2 aromatic carbocycles. The van der Waals surface area contributed by atoms with Gasteiger partial charge in [0.2, 0.25) is 0 Å². The summed E-state index contributed by atoms with van der Waals surface area (Å²) in [5, 5.41) is 0. The Hall–Kier alpha value is -3.35. The maximum absolute atomic E-state index is 13.2. The van der Waals surface area contributed by atoms with Gasteiger partial charge in [-0.3, -0.25) is 9.59 Å². The van der Waals surface area contributed by atoms with Gasteiger partial charge >= 0.3 is 17.9 Å². The van der Waals surface area contributed by atoms with Gasteiger partial charge in [0.05, 0.1) is 44.7 Å². The molecule has 10 atom stereocenters. The Morgan fingerprint density at radius 2 is 1.29 bits per heavy atom. The van der Waals surface area contributed by atoms with E-state index < -0.39 is 42.8 Å². The normalized spacial score (nSPS) is 30.3. The van der Waals surface area contributed by atoms with Crippen molar-refractivity contribution < 1.29 is 52.3 Å². The van der Waals surface area contributed by atoms with Crippen molar-refractivity contribution >= 4 is 17.9 Å². The van der Waals surface area contributed by atoms with Gasteiger partial charge in [-0.25, -0.2) is 4.79 Å². The van der Waals surface area contributed by atoms with Crippen molar-refractivity contribution in [1.82, 2.24) is 0 Å². The molecule has 2 heterocycles. The first-order chi connectivity index (χ1) is 23.1. The summed E-state index contributed by atoms with van der Waals surface area (Å²) >= 11 is 0. The van der Waals surface area contributed by atoms with E-state index in [2.05, 4.69) is 13.8 Å². The number of hydrogen-bond donors (Lipinski definition) is 0. The molecule has 2 aliphatic rings. The number of hydrogen-bond acceptors (Lipinski definition) is 11. The molecule has 2 fully saturated rings. The van der Waals surface area contributed by atoms with Crippen LogP contribution in [0.2, 0.25) is 0 Å². The van der Waals surface area contributed by atoms with Crippen molar-refractivity contribution in [2.75, 3.05) is 26.9 Å². The van der Waals surface area contributed by atoms with Crippen LogP contribution < -0.4 is 0 Å². The molecular formula is C37H50O11. The SMILES string of the molecule is COC(=O)CCCO[C@@H]1OC(CO[C@H]2OC(COC(C)=O)[C@@H](C)[C@H](C)C2OC(=O)c2ccccc2)[C@@H](C)[C@H](C)C1OCc1ccccc1. The topological polar surface area (TPSA) is 125 Å². The number of carbonyl (C=O) groups excluding carboxylic acids is 3. The fourth-order valence-corrected chi connectivity index (χ4v) is 6.00. The average molecular weight is 671 g/mol. The van der Waals surface area contributed by atoms with Crippen molar-refractivity contribution in [2.45, 2.75) is 91.1 Å². The molecule has 4 unspecified atom stereocenters. The second kappa shape index (κ2) is 18.4. The lowest BCUT2D eigenvalue weighted by molar-refractivity contribution is -0.313. The van der Waals surface area contributed by atoms with Crippen molar-refractivity contribution in [3.63, 3.8) is 0 Å². The van der Waals surface area contributed by atoms with Crippen LogP contribution in [0.5, 0.6) is 0 Å². The highest BCUT2D eigenvalue weighted by Gasteiger charge is 2.47. The molecule has 2 aromatic rings. The molecule has 0 aromatic heterocycles. The molecule has 4 rings (SSSR count). The third kappa shape index (κ3) is 10.3. The van der Waals surface area contributed by atoms with E-state index in [4.69, 9.17) is 37.9 Å². The van der Waals surface area contributed by atoms with E-state index in [1.807, 2.05) is 50.2 Å². The molecule has 2 aliphatic heterocycles. The highest BCUT2D eigenvalue weighted by atomic mass is 16.7. The van der Waals surface area contributed by atoms with Gasteiger partial charge in [-0.15, -0.1) is 0 Å². The minimum atomic E-state index is -0.943. The molecule has 11 heteroatoms. The number of benzene rings is 2. The Morgan fingerprint density at radius 1 is 0.708 bits per heavy atom. The monoisotopic (exact) mass is 670 g/mol. The van der Waals surface area contributed by atoms with E-state index in [-0.39, 0.29) is 62.0 Å². The first-order valence-electron chi connectivity index (χ1n) is 16.7. The molecule has 264 valence electrons. The number of esters is 3. The molecule has 48 heavy (non-hydrogen) atoms. The standard InChI is InChI=1S/C37H50O11/c1-23-25(3)33(44-20-28-14-9-7-10-15-28)36(42-19-13-18-32(39)41-6)46-31(23)22-45-37-34(48-35(40)29-16-11-8-12-17-29)26(4)24(2)30(47-37)21-43-27(5)38/h7-12,14-17,23-26,30-31,33-34,36-37H,13,18-22H2,1-6H3/t23-,24-,25-,26-,30?,31?,33?,34?,36+,37-/m0/s1. The van der Waals surface area contributed by atoms with Crippen LogP contribution in [0.4, 0.5) is 0 Å². The van der Waals surface area contributed by atoms with Crippen molar-refractivity contribution in [3.05, 3.63) is 71.8 Å². The lowest BCUT2D eigenvalue weighted by Gasteiger charge is -2.46. The van der Waals surface area contributed by atoms with Gasteiger partial charge in [0, 0.05) is 19.3 Å². The van der Waals surface area contributed by atoms with Crippen LogP contribution in [0.3, 0.4) is 0 Å². The van der Waals surface area contributed by atoms with E-state index in [1.165, 1.54) is 14.0 Å². The zero-order valence-electron chi connectivity index (χ0n) is 28.8. The summed E-state index contributed by atoms with van der Waals surface area (Å²) < 4.78 is 47.9. The van der Waals surface area contributed by atoms with Crippen LogP contribution in [0.1, 0.15) is 63.4 Å². The van der Waals surface area contributed by atoms with E-state index in [1.54, 1.807) is 24.3 Å². The molecule has 0 saturated carbocycles.